The van der Waals surface area contributed by atoms with Crippen LogP contribution in [0.5, 0.6) is 5.75 Å². The van der Waals surface area contributed by atoms with Crippen LogP contribution < -0.4 is 10.1 Å². The highest BCUT2D eigenvalue weighted by atomic mass is 35.5. The average Bonchev–Trinajstić information content (AvgIpc) is 2.89. The van der Waals surface area contributed by atoms with Crippen LogP contribution in [0.4, 0.5) is 0 Å². The van der Waals surface area contributed by atoms with E-state index in [-0.39, 0.29) is 30.7 Å². The third kappa shape index (κ3) is 9.10. The zero-order chi connectivity index (χ0) is 26.6. The standard InChI is InChI=1S/C30H34Cl2N2O3/c1-22(2)20-33-30(36)28(19-23-11-5-3-6-12-23)34(21-25-26(31)15-9-16-27(25)32)29(35)17-10-18-37-24-13-7-4-8-14-24/h3-9,11-16,22,28H,10,17-21H2,1-2H3,(H,33,36)/t28-/m0/s1. The Morgan fingerprint density at radius 2 is 1.51 bits per heavy atom. The number of nitrogens with one attached hydrogen (secondary N) is 1. The number of ether oxygens (including phenoxy) is 1. The van der Waals surface area contributed by atoms with Crippen molar-refractivity contribution < 1.29 is 14.3 Å². The van der Waals surface area contributed by atoms with Gasteiger partial charge in [0, 0.05) is 41.5 Å². The summed E-state index contributed by atoms with van der Waals surface area (Å²) >= 11 is 13.0. The maximum Gasteiger partial charge on any atom is 0.243 e. The molecule has 0 fully saturated rings. The monoisotopic (exact) mass is 540 g/mol. The van der Waals surface area contributed by atoms with E-state index in [1.165, 1.54) is 0 Å². The normalized spacial score (nSPS) is 11.7. The number of benzene rings is 3. The van der Waals surface area contributed by atoms with E-state index >= 15 is 0 Å². The van der Waals surface area contributed by atoms with E-state index in [4.69, 9.17) is 27.9 Å². The molecule has 5 nitrogen and oxygen atoms in total. The van der Waals surface area contributed by atoms with E-state index in [0.29, 0.717) is 41.6 Å². The van der Waals surface area contributed by atoms with Crippen LogP contribution in [0, 0.1) is 5.92 Å². The van der Waals surface area contributed by atoms with Crippen molar-refractivity contribution in [3.8, 4) is 5.75 Å². The van der Waals surface area contributed by atoms with Gasteiger partial charge in [-0.2, -0.15) is 0 Å². The third-order valence-electron chi connectivity index (χ3n) is 5.89. The molecule has 3 rings (SSSR count). The molecule has 3 aromatic carbocycles. The number of hydrogen-bond donors (Lipinski definition) is 1. The first-order chi connectivity index (χ1) is 17.8. The topological polar surface area (TPSA) is 58.6 Å². The Labute approximate surface area is 229 Å². The molecule has 0 saturated heterocycles. The number of carbonyl (C=O) groups is 2. The van der Waals surface area contributed by atoms with Gasteiger partial charge in [-0.15, -0.1) is 0 Å². The molecule has 0 radical (unpaired) electrons. The molecule has 0 unspecified atom stereocenters. The zero-order valence-electron chi connectivity index (χ0n) is 21.3. The Morgan fingerprint density at radius 1 is 0.892 bits per heavy atom. The lowest BCUT2D eigenvalue weighted by Crippen LogP contribution is -2.51. The van der Waals surface area contributed by atoms with Crippen LogP contribution in [0.2, 0.25) is 10.0 Å². The minimum atomic E-state index is -0.726. The quantitative estimate of drug-likeness (QED) is 0.249. The van der Waals surface area contributed by atoms with E-state index in [9.17, 15) is 9.59 Å². The van der Waals surface area contributed by atoms with Gasteiger partial charge in [-0.25, -0.2) is 0 Å². The van der Waals surface area contributed by atoms with Crippen molar-refractivity contribution >= 4 is 35.0 Å². The van der Waals surface area contributed by atoms with Crippen molar-refractivity contribution in [3.63, 3.8) is 0 Å². The molecule has 0 spiro atoms. The minimum Gasteiger partial charge on any atom is -0.494 e. The Hall–Kier alpha value is -3.02. The predicted molar refractivity (Wildman–Crippen MR) is 150 cm³/mol. The van der Waals surface area contributed by atoms with Crippen LogP contribution in [0.15, 0.2) is 78.9 Å². The molecule has 0 aliphatic carbocycles. The van der Waals surface area contributed by atoms with Crippen LogP contribution in [0.3, 0.4) is 0 Å². The van der Waals surface area contributed by atoms with Gasteiger partial charge < -0.3 is 15.0 Å². The molecule has 3 aromatic rings. The molecule has 1 N–H and O–H groups in total. The summed E-state index contributed by atoms with van der Waals surface area (Å²) in [5.74, 6) is 0.672. The molecule has 2 amide bonds. The second-order valence-electron chi connectivity index (χ2n) is 9.33. The summed E-state index contributed by atoms with van der Waals surface area (Å²) in [6, 6.07) is 23.7. The lowest BCUT2D eigenvalue weighted by molar-refractivity contribution is -0.141. The van der Waals surface area contributed by atoms with E-state index in [1.54, 1.807) is 23.1 Å². The second-order valence-corrected chi connectivity index (χ2v) is 10.1. The molecule has 0 aromatic heterocycles. The summed E-state index contributed by atoms with van der Waals surface area (Å²) in [5, 5.41) is 3.93. The molecule has 1 atom stereocenters. The van der Waals surface area contributed by atoms with E-state index in [2.05, 4.69) is 5.32 Å². The number of carbonyl (C=O) groups excluding carboxylic acids is 2. The molecular weight excluding hydrogens is 507 g/mol. The smallest absolute Gasteiger partial charge is 0.243 e. The Balaban J connectivity index is 1.84. The maximum atomic E-state index is 13.7. The fourth-order valence-corrected chi connectivity index (χ4v) is 4.42. The number of halogens is 2. The van der Waals surface area contributed by atoms with Crippen molar-refractivity contribution in [3.05, 3.63) is 100 Å². The first-order valence-electron chi connectivity index (χ1n) is 12.6. The van der Waals surface area contributed by atoms with E-state index in [1.807, 2.05) is 74.5 Å². The number of para-hydroxylation sites is 1. The van der Waals surface area contributed by atoms with Gasteiger partial charge in [0.25, 0.3) is 0 Å². The number of nitrogens with zero attached hydrogens (tertiary/aromatic N) is 1. The average molecular weight is 542 g/mol. The van der Waals surface area contributed by atoms with Crippen molar-refractivity contribution in [2.24, 2.45) is 5.92 Å². The number of amides is 2. The fourth-order valence-electron chi connectivity index (χ4n) is 3.90. The highest BCUT2D eigenvalue weighted by Gasteiger charge is 2.31. The van der Waals surface area contributed by atoms with Crippen LogP contribution >= 0.6 is 23.2 Å². The minimum absolute atomic E-state index is 0.128. The Morgan fingerprint density at radius 3 is 2.14 bits per heavy atom. The van der Waals surface area contributed by atoms with Crippen molar-refractivity contribution in [2.45, 2.75) is 45.7 Å². The number of rotatable bonds is 13. The van der Waals surface area contributed by atoms with Gasteiger partial charge in [0.15, 0.2) is 0 Å². The molecule has 0 aliphatic heterocycles. The first kappa shape index (κ1) is 28.5. The molecule has 0 aliphatic rings. The fraction of sp³-hybridized carbons (Fsp3) is 0.333. The second kappa shape index (κ2) is 14.7. The lowest BCUT2D eigenvalue weighted by Gasteiger charge is -2.32. The largest absolute Gasteiger partial charge is 0.494 e. The Kier molecular flexibility index (Phi) is 11.3. The van der Waals surface area contributed by atoms with Gasteiger partial charge in [0.2, 0.25) is 11.8 Å². The summed E-state index contributed by atoms with van der Waals surface area (Å²) < 4.78 is 5.77. The molecule has 0 bridgehead atoms. The molecule has 0 heterocycles. The SMILES string of the molecule is CC(C)CNC(=O)[C@H](Cc1ccccc1)N(Cc1c(Cl)cccc1Cl)C(=O)CCCOc1ccccc1. The van der Waals surface area contributed by atoms with Crippen LogP contribution in [0.1, 0.15) is 37.8 Å². The molecule has 196 valence electrons. The van der Waals surface area contributed by atoms with Gasteiger partial charge in [-0.1, -0.05) is 91.6 Å². The van der Waals surface area contributed by atoms with Crippen LogP contribution in [0.25, 0.3) is 0 Å². The van der Waals surface area contributed by atoms with Crippen molar-refractivity contribution in [1.29, 1.82) is 0 Å². The van der Waals surface area contributed by atoms with Crippen molar-refractivity contribution in [2.75, 3.05) is 13.2 Å². The third-order valence-corrected chi connectivity index (χ3v) is 6.60. The van der Waals surface area contributed by atoms with Gasteiger partial charge in [0.05, 0.1) is 6.61 Å². The molecule has 0 saturated carbocycles. The van der Waals surface area contributed by atoms with Crippen LogP contribution in [-0.2, 0) is 22.6 Å². The van der Waals surface area contributed by atoms with E-state index in [0.717, 1.165) is 11.3 Å². The Bertz CT molecular complexity index is 1120. The highest BCUT2D eigenvalue weighted by molar-refractivity contribution is 6.36. The van der Waals surface area contributed by atoms with E-state index < -0.39 is 6.04 Å². The van der Waals surface area contributed by atoms with Crippen molar-refractivity contribution in [1.82, 2.24) is 10.2 Å². The molecule has 7 heteroatoms. The summed E-state index contributed by atoms with van der Waals surface area (Å²) in [7, 11) is 0. The molecule has 37 heavy (non-hydrogen) atoms. The lowest BCUT2D eigenvalue weighted by atomic mass is 10.0. The summed E-state index contributed by atoms with van der Waals surface area (Å²) in [5.41, 5.74) is 1.58. The molecular formula is C30H34Cl2N2O3. The predicted octanol–water partition coefficient (Wildman–Crippen LogP) is 6.56. The van der Waals surface area contributed by atoms with Gasteiger partial charge in [-0.05, 0) is 42.2 Å². The maximum absolute atomic E-state index is 13.7. The summed E-state index contributed by atoms with van der Waals surface area (Å²) in [6.07, 6.45) is 1.10. The van der Waals surface area contributed by atoms with Gasteiger partial charge in [-0.3, -0.25) is 9.59 Å². The van der Waals surface area contributed by atoms with Gasteiger partial charge in [0.1, 0.15) is 11.8 Å². The first-order valence-corrected chi connectivity index (χ1v) is 13.3. The van der Waals surface area contributed by atoms with Gasteiger partial charge >= 0.3 is 0 Å². The van der Waals surface area contributed by atoms with Crippen LogP contribution in [-0.4, -0.2) is 35.9 Å². The summed E-state index contributed by atoms with van der Waals surface area (Å²) in [6.45, 7) is 5.10. The summed E-state index contributed by atoms with van der Waals surface area (Å²) in [4.78, 5) is 28.7. The number of hydrogen-bond acceptors (Lipinski definition) is 3. The highest BCUT2D eigenvalue weighted by Crippen LogP contribution is 2.27. The zero-order valence-corrected chi connectivity index (χ0v) is 22.8.